The number of aliphatic hydroxyl groups is 5. The number of hydrogen-bond acceptors (Lipinski definition) is 7. The average Bonchev–Trinajstić information content (AvgIpc) is 3.15. The second kappa shape index (κ2) is 35.6. The van der Waals surface area contributed by atoms with Crippen molar-refractivity contribution >= 4 is 5.91 Å². The molecular weight excluding hydrogens is 666 g/mol. The first-order valence-corrected chi connectivity index (χ1v) is 23.1. The largest absolute Gasteiger partial charge is 0.394 e. The maximum Gasteiger partial charge on any atom is 0.222 e. The first-order chi connectivity index (χ1) is 25.8. The second-order valence-electron chi connectivity index (χ2n) is 16.6. The van der Waals surface area contributed by atoms with E-state index in [9.17, 15) is 30.3 Å². The van der Waals surface area contributed by atoms with Crippen molar-refractivity contribution in [1.29, 1.82) is 0 Å². The van der Waals surface area contributed by atoms with Crippen LogP contribution in [0, 0.1) is 0 Å². The van der Waals surface area contributed by atoms with Crippen LogP contribution in [-0.4, -0.2) is 92.7 Å². The van der Waals surface area contributed by atoms with E-state index in [-0.39, 0.29) is 18.9 Å². The molecule has 5 N–H and O–H groups in total. The zero-order chi connectivity index (χ0) is 38.8. The standard InChI is InChI=1S/C45H89NO7/c1-3-5-7-9-11-13-15-17-19-21-23-25-27-29-31-33-35-46(37-39(48)36-40-43(50)45(52)44(51)41(38-47)53-40)42(49)34-32-30-28-26-24-22-20-18-16-14-12-10-8-6-4-2/h39-41,43-45,47-48,50-52H,3-38H2,1-2H3/t39?,40-,41+,43-,44+,45+/m0/s1. The lowest BCUT2D eigenvalue weighted by Gasteiger charge is -2.41. The Morgan fingerprint density at radius 2 is 0.849 bits per heavy atom. The molecule has 0 bridgehead atoms. The molecule has 0 radical (unpaired) electrons. The maximum absolute atomic E-state index is 13.4. The van der Waals surface area contributed by atoms with Gasteiger partial charge in [-0.2, -0.15) is 0 Å². The summed E-state index contributed by atoms with van der Waals surface area (Å²) in [6.45, 7) is 4.78. The summed E-state index contributed by atoms with van der Waals surface area (Å²) >= 11 is 0. The minimum absolute atomic E-state index is 0.00312. The van der Waals surface area contributed by atoms with Gasteiger partial charge < -0.3 is 35.2 Å². The third-order valence-corrected chi connectivity index (χ3v) is 11.6. The van der Waals surface area contributed by atoms with E-state index >= 15 is 0 Å². The molecule has 1 aliphatic rings. The molecule has 8 heteroatoms. The summed E-state index contributed by atoms with van der Waals surface area (Å²) in [6, 6.07) is 0. The van der Waals surface area contributed by atoms with Gasteiger partial charge in [-0.05, 0) is 12.8 Å². The fourth-order valence-corrected chi connectivity index (χ4v) is 7.94. The molecule has 1 heterocycles. The van der Waals surface area contributed by atoms with Gasteiger partial charge in [0.15, 0.2) is 0 Å². The second-order valence-corrected chi connectivity index (χ2v) is 16.6. The predicted octanol–water partition coefficient (Wildman–Crippen LogP) is 9.93. The summed E-state index contributed by atoms with van der Waals surface area (Å²) in [5.74, 6) is 0.0634. The average molecular weight is 756 g/mol. The first kappa shape index (κ1) is 50.2. The highest BCUT2D eigenvalue weighted by Crippen LogP contribution is 2.25. The third-order valence-electron chi connectivity index (χ3n) is 11.6. The van der Waals surface area contributed by atoms with Crippen LogP contribution < -0.4 is 0 Å². The molecule has 0 aliphatic carbocycles. The van der Waals surface area contributed by atoms with Gasteiger partial charge in [0.1, 0.15) is 24.4 Å². The Hall–Kier alpha value is -0.770. The van der Waals surface area contributed by atoms with Gasteiger partial charge in [-0.1, -0.05) is 200 Å². The Kier molecular flexibility index (Phi) is 33.8. The van der Waals surface area contributed by atoms with Gasteiger partial charge in [-0.3, -0.25) is 4.79 Å². The molecule has 6 atom stereocenters. The van der Waals surface area contributed by atoms with Crippen LogP contribution in [0.15, 0.2) is 0 Å². The van der Waals surface area contributed by atoms with Crippen LogP contribution in [0.1, 0.15) is 226 Å². The van der Waals surface area contributed by atoms with E-state index in [1.807, 2.05) is 0 Å². The van der Waals surface area contributed by atoms with Crippen molar-refractivity contribution in [2.45, 2.75) is 262 Å². The Balaban J connectivity index is 2.34. The highest BCUT2D eigenvalue weighted by Gasteiger charge is 2.44. The highest BCUT2D eigenvalue weighted by atomic mass is 16.5. The molecule has 1 aliphatic heterocycles. The lowest BCUT2D eigenvalue weighted by atomic mass is 9.92. The van der Waals surface area contributed by atoms with Crippen LogP contribution in [0.3, 0.4) is 0 Å². The van der Waals surface area contributed by atoms with E-state index in [0.29, 0.717) is 13.0 Å². The Bertz CT molecular complexity index is 799. The Morgan fingerprint density at radius 1 is 0.509 bits per heavy atom. The van der Waals surface area contributed by atoms with Crippen molar-refractivity contribution in [3.63, 3.8) is 0 Å². The van der Waals surface area contributed by atoms with Crippen LogP contribution in [-0.2, 0) is 9.53 Å². The minimum Gasteiger partial charge on any atom is -0.394 e. The van der Waals surface area contributed by atoms with E-state index in [4.69, 9.17) is 4.74 Å². The Labute approximate surface area is 327 Å². The molecular formula is C45H89NO7. The Morgan fingerprint density at radius 3 is 1.23 bits per heavy atom. The number of unbranched alkanes of at least 4 members (excludes halogenated alkanes) is 29. The maximum atomic E-state index is 13.4. The van der Waals surface area contributed by atoms with Crippen molar-refractivity contribution in [2.75, 3.05) is 19.7 Å². The van der Waals surface area contributed by atoms with Gasteiger partial charge in [-0.25, -0.2) is 0 Å². The molecule has 53 heavy (non-hydrogen) atoms. The fourth-order valence-electron chi connectivity index (χ4n) is 7.94. The van der Waals surface area contributed by atoms with Gasteiger partial charge in [-0.15, -0.1) is 0 Å². The molecule has 1 amide bonds. The van der Waals surface area contributed by atoms with Gasteiger partial charge in [0.2, 0.25) is 5.91 Å². The minimum atomic E-state index is -1.47. The number of nitrogens with zero attached hydrogens (tertiary/aromatic N) is 1. The SMILES string of the molecule is CCCCCCCCCCCCCCCCCCN(CC(O)C[C@@H]1O[C@H](CO)[C@@H](O)[C@H](O)[C@H]1O)C(=O)CCCCCCCCCCCCCCCCC. The van der Waals surface area contributed by atoms with Crippen molar-refractivity contribution < 1.29 is 35.1 Å². The van der Waals surface area contributed by atoms with E-state index < -0.39 is 43.2 Å². The first-order valence-electron chi connectivity index (χ1n) is 23.1. The fraction of sp³-hybridized carbons (Fsp3) is 0.978. The summed E-state index contributed by atoms with van der Waals surface area (Å²) in [7, 11) is 0. The molecule has 1 saturated heterocycles. The molecule has 0 aromatic rings. The number of hydrogen-bond donors (Lipinski definition) is 5. The zero-order valence-electron chi connectivity index (χ0n) is 34.9. The van der Waals surface area contributed by atoms with Gasteiger partial charge in [0.05, 0.1) is 18.8 Å². The normalized spacial score (nSPS) is 20.9. The van der Waals surface area contributed by atoms with Crippen molar-refractivity contribution in [3.05, 3.63) is 0 Å². The van der Waals surface area contributed by atoms with Crippen LogP contribution in [0.2, 0.25) is 0 Å². The molecule has 0 aromatic carbocycles. The predicted molar refractivity (Wildman–Crippen MR) is 220 cm³/mol. The quantitative estimate of drug-likeness (QED) is 0.0397. The van der Waals surface area contributed by atoms with Crippen molar-refractivity contribution in [1.82, 2.24) is 4.90 Å². The smallest absolute Gasteiger partial charge is 0.222 e. The monoisotopic (exact) mass is 756 g/mol. The lowest BCUT2D eigenvalue weighted by molar-refractivity contribution is -0.234. The zero-order valence-corrected chi connectivity index (χ0v) is 34.9. The van der Waals surface area contributed by atoms with Crippen LogP contribution in [0.5, 0.6) is 0 Å². The highest BCUT2D eigenvalue weighted by molar-refractivity contribution is 5.76. The molecule has 0 spiro atoms. The lowest BCUT2D eigenvalue weighted by Crippen LogP contribution is -2.59. The van der Waals surface area contributed by atoms with Crippen molar-refractivity contribution in [3.8, 4) is 0 Å². The van der Waals surface area contributed by atoms with E-state index in [1.165, 1.54) is 161 Å². The number of carbonyl (C=O) groups is 1. The molecule has 1 fully saturated rings. The molecule has 0 aromatic heterocycles. The van der Waals surface area contributed by atoms with Crippen LogP contribution in [0.25, 0.3) is 0 Å². The molecule has 1 rings (SSSR count). The van der Waals surface area contributed by atoms with E-state index in [1.54, 1.807) is 4.90 Å². The van der Waals surface area contributed by atoms with Crippen LogP contribution >= 0.6 is 0 Å². The van der Waals surface area contributed by atoms with Gasteiger partial charge in [0.25, 0.3) is 0 Å². The molecule has 0 saturated carbocycles. The van der Waals surface area contributed by atoms with Crippen LogP contribution in [0.4, 0.5) is 0 Å². The van der Waals surface area contributed by atoms with E-state index in [0.717, 1.165) is 38.5 Å². The van der Waals surface area contributed by atoms with Gasteiger partial charge >= 0.3 is 0 Å². The summed E-state index contributed by atoms with van der Waals surface area (Å²) in [5, 5.41) is 51.3. The third kappa shape index (κ3) is 26.7. The summed E-state index contributed by atoms with van der Waals surface area (Å²) < 4.78 is 5.62. The summed E-state index contributed by atoms with van der Waals surface area (Å²) in [5.41, 5.74) is 0. The molecule has 1 unspecified atom stereocenters. The molecule has 8 nitrogen and oxygen atoms in total. The number of rotatable bonds is 38. The number of amides is 1. The number of aliphatic hydroxyl groups excluding tert-OH is 5. The molecule has 316 valence electrons. The summed E-state index contributed by atoms with van der Waals surface area (Å²) in [6.07, 6.45) is 33.2. The van der Waals surface area contributed by atoms with Crippen molar-refractivity contribution in [2.24, 2.45) is 0 Å². The number of ether oxygens (including phenoxy) is 1. The number of carbonyl (C=O) groups excluding carboxylic acids is 1. The summed E-state index contributed by atoms with van der Waals surface area (Å²) in [4.78, 5) is 15.2. The van der Waals surface area contributed by atoms with Gasteiger partial charge in [0, 0.05) is 25.9 Å². The topological polar surface area (TPSA) is 131 Å². The van der Waals surface area contributed by atoms with E-state index in [2.05, 4.69) is 13.8 Å².